The van der Waals surface area contributed by atoms with E-state index in [1.165, 1.54) is 6.26 Å². The summed E-state index contributed by atoms with van der Waals surface area (Å²) in [6, 6.07) is 6.49. The van der Waals surface area contributed by atoms with Crippen molar-refractivity contribution in [2.75, 3.05) is 18.7 Å². The first-order valence-corrected chi connectivity index (χ1v) is 8.35. The highest BCUT2D eigenvalue weighted by Crippen LogP contribution is 2.17. The first-order chi connectivity index (χ1) is 8.43. The SMILES string of the molecule is CC(CCCl)CCOc1ccc(S(C)(=O)=O)cc1. The first kappa shape index (κ1) is 15.3. The van der Waals surface area contributed by atoms with E-state index in [0.29, 0.717) is 29.0 Å². The second kappa shape index (κ2) is 7.00. The molecule has 1 aromatic carbocycles. The second-order valence-electron chi connectivity index (χ2n) is 4.46. The molecule has 0 fully saturated rings. The molecule has 5 heteroatoms. The van der Waals surface area contributed by atoms with Gasteiger partial charge >= 0.3 is 0 Å². The molecular weight excluding hydrogens is 272 g/mol. The van der Waals surface area contributed by atoms with Gasteiger partial charge in [-0.05, 0) is 43.0 Å². The largest absolute Gasteiger partial charge is 0.494 e. The summed E-state index contributed by atoms with van der Waals surface area (Å²) >= 11 is 5.65. The molecule has 0 N–H and O–H groups in total. The van der Waals surface area contributed by atoms with Crippen molar-refractivity contribution in [1.82, 2.24) is 0 Å². The fourth-order valence-electron chi connectivity index (χ4n) is 1.49. The van der Waals surface area contributed by atoms with Crippen LogP contribution in [-0.2, 0) is 9.84 Å². The predicted octanol–water partition coefficient (Wildman–Crippen LogP) is 3.12. The average molecular weight is 291 g/mol. The lowest BCUT2D eigenvalue weighted by Gasteiger charge is -2.11. The van der Waals surface area contributed by atoms with Crippen molar-refractivity contribution in [3.63, 3.8) is 0 Å². The molecule has 0 amide bonds. The van der Waals surface area contributed by atoms with Crippen LogP contribution in [0.2, 0.25) is 0 Å². The first-order valence-electron chi connectivity index (χ1n) is 5.92. The van der Waals surface area contributed by atoms with Gasteiger partial charge < -0.3 is 4.74 Å². The summed E-state index contributed by atoms with van der Waals surface area (Å²) in [6.45, 7) is 2.76. The maximum absolute atomic E-state index is 11.3. The number of halogens is 1. The second-order valence-corrected chi connectivity index (χ2v) is 6.86. The molecule has 0 aromatic heterocycles. The summed E-state index contributed by atoms with van der Waals surface area (Å²) in [6.07, 6.45) is 3.12. The van der Waals surface area contributed by atoms with E-state index in [2.05, 4.69) is 6.92 Å². The number of hydrogen-bond donors (Lipinski definition) is 0. The highest BCUT2D eigenvalue weighted by Gasteiger charge is 2.06. The van der Waals surface area contributed by atoms with E-state index in [-0.39, 0.29) is 0 Å². The summed E-state index contributed by atoms with van der Waals surface area (Å²) in [5.41, 5.74) is 0. The van der Waals surface area contributed by atoms with E-state index >= 15 is 0 Å². The highest BCUT2D eigenvalue weighted by molar-refractivity contribution is 7.90. The van der Waals surface area contributed by atoms with E-state index in [4.69, 9.17) is 16.3 Å². The van der Waals surface area contributed by atoms with Gasteiger partial charge in [-0.1, -0.05) is 6.92 Å². The van der Waals surface area contributed by atoms with Crippen LogP contribution in [0.25, 0.3) is 0 Å². The van der Waals surface area contributed by atoms with Gasteiger partial charge in [-0.2, -0.15) is 0 Å². The minimum Gasteiger partial charge on any atom is -0.494 e. The Bertz CT molecular complexity index is 454. The molecule has 0 bridgehead atoms. The van der Waals surface area contributed by atoms with E-state index < -0.39 is 9.84 Å². The third-order valence-electron chi connectivity index (χ3n) is 2.73. The molecular formula is C13H19ClO3S. The van der Waals surface area contributed by atoms with Gasteiger partial charge in [0.2, 0.25) is 0 Å². The fourth-order valence-corrected chi connectivity index (χ4v) is 2.49. The fraction of sp³-hybridized carbons (Fsp3) is 0.538. The molecule has 1 unspecified atom stereocenters. The van der Waals surface area contributed by atoms with Crippen LogP contribution in [0.4, 0.5) is 0 Å². The van der Waals surface area contributed by atoms with Crippen molar-refractivity contribution < 1.29 is 13.2 Å². The lowest BCUT2D eigenvalue weighted by atomic mass is 10.1. The van der Waals surface area contributed by atoms with Gasteiger partial charge in [0, 0.05) is 12.1 Å². The zero-order valence-electron chi connectivity index (χ0n) is 10.7. The van der Waals surface area contributed by atoms with Gasteiger partial charge in [-0.25, -0.2) is 8.42 Å². The van der Waals surface area contributed by atoms with Gasteiger partial charge in [0.15, 0.2) is 9.84 Å². The number of alkyl halides is 1. The third-order valence-corrected chi connectivity index (χ3v) is 4.08. The lowest BCUT2D eigenvalue weighted by molar-refractivity contribution is 0.282. The molecule has 0 aliphatic carbocycles. The molecule has 3 nitrogen and oxygen atoms in total. The molecule has 0 saturated heterocycles. The third kappa shape index (κ3) is 5.27. The van der Waals surface area contributed by atoms with E-state index in [1.54, 1.807) is 24.3 Å². The number of rotatable bonds is 7. The van der Waals surface area contributed by atoms with Crippen LogP contribution in [0.1, 0.15) is 19.8 Å². The number of sulfone groups is 1. The van der Waals surface area contributed by atoms with Crippen molar-refractivity contribution in [2.45, 2.75) is 24.7 Å². The molecule has 18 heavy (non-hydrogen) atoms. The van der Waals surface area contributed by atoms with Gasteiger partial charge in [0.25, 0.3) is 0 Å². The highest BCUT2D eigenvalue weighted by atomic mass is 35.5. The van der Waals surface area contributed by atoms with Crippen molar-refractivity contribution in [1.29, 1.82) is 0 Å². The minimum absolute atomic E-state index is 0.311. The van der Waals surface area contributed by atoms with Gasteiger partial charge in [-0.15, -0.1) is 11.6 Å². The van der Waals surface area contributed by atoms with Crippen molar-refractivity contribution in [3.05, 3.63) is 24.3 Å². The number of benzene rings is 1. The van der Waals surface area contributed by atoms with E-state index in [1.807, 2.05) is 0 Å². The Morgan fingerprint density at radius 1 is 1.22 bits per heavy atom. The van der Waals surface area contributed by atoms with Crippen LogP contribution in [0, 0.1) is 5.92 Å². The Balaban J connectivity index is 2.45. The van der Waals surface area contributed by atoms with Crippen LogP contribution < -0.4 is 4.74 Å². The predicted molar refractivity (Wildman–Crippen MR) is 74.2 cm³/mol. The lowest BCUT2D eigenvalue weighted by Crippen LogP contribution is -2.05. The van der Waals surface area contributed by atoms with Crippen LogP contribution in [0.5, 0.6) is 5.75 Å². The standard InChI is InChI=1S/C13H19ClO3S/c1-11(7-9-14)8-10-17-12-3-5-13(6-4-12)18(2,15)16/h3-6,11H,7-10H2,1-2H3. The van der Waals surface area contributed by atoms with Crippen LogP contribution in [0.15, 0.2) is 29.2 Å². The summed E-state index contributed by atoms with van der Waals surface area (Å²) in [4.78, 5) is 0.311. The van der Waals surface area contributed by atoms with Gasteiger partial charge in [-0.3, -0.25) is 0 Å². The number of hydrogen-bond acceptors (Lipinski definition) is 3. The topological polar surface area (TPSA) is 43.4 Å². The summed E-state index contributed by atoms with van der Waals surface area (Å²) < 4.78 is 28.1. The van der Waals surface area contributed by atoms with Gasteiger partial charge in [0.1, 0.15) is 5.75 Å². The molecule has 0 radical (unpaired) electrons. The maximum atomic E-state index is 11.3. The van der Waals surface area contributed by atoms with Crippen molar-refractivity contribution in [2.24, 2.45) is 5.92 Å². The molecule has 102 valence electrons. The Hall–Kier alpha value is -0.740. The molecule has 0 aliphatic heterocycles. The van der Waals surface area contributed by atoms with Crippen LogP contribution in [0.3, 0.4) is 0 Å². The minimum atomic E-state index is -3.13. The molecule has 1 rings (SSSR count). The quantitative estimate of drug-likeness (QED) is 0.725. The van der Waals surface area contributed by atoms with E-state index in [0.717, 1.165) is 12.8 Å². The number of ether oxygens (including phenoxy) is 1. The van der Waals surface area contributed by atoms with E-state index in [9.17, 15) is 8.42 Å². The smallest absolute Gasteiger partial charge is 0.175 e. The average Bonchev–Trinajstić information content (AvgIpc) is 2.29. The molecule has 0 aliphatic rings. The van der Waals surface area contributed by atoms with Gasteiger partial charge in [0.05, 0.1) is 11.5 Å². The van der Waals surface area contributed by atoms with Crippen molar-refractivity contribution in [3.8, 4) is 5.75 Å². The molecule has 1 atom stereocenters. The Kier molecular flexibility index (Phi) is 5.96. The Morgan fingerprint density at radius 3 is 2.33 bits per heavy atom. The molecule has 0 spiro atoms. The van der Waals surface area contributed by atoms with Crippen molar-refractivity contribution >= 4 is 21.4 Å². The summed E-state index contributed by atoms with van der Waals surface area (Å²) in [7, 11) is -3.13. The van der Waals surface area contributed by atoms with Crippen LogP contribution in [-0.4, -0.2) is 27.2 Å². The normalized spacial score (nSPS) is 13.3. The molecule has 0 heterocycles. The zero-order chi connectivity index (χ0) is 13.6. The molecule has 1 aromatic rings. The summed E-state index contributed by atoms with van der Waals surface area (Å²) in [5.74, 6) is 1.91. The summed E-state index contributed by atoms with van der Waals surface area (Å²) in [5, 5.41) is 0. The molecule has 0 saturated carbocycles. The Labute approximate surface area is 114 Å². The van der Waals surface area contributed by atoms with Crippen LogP contribution >= 0.6 is 11.6 Å². The zero-order valence-corrected chi connectivity index (χ0v) is 12.3. The Morgan fingerprint density at radius 2 is 1.83 bits per heavy atom. The maximum Gasteiger partial charge on any atom is 0.175 e. The monoisotopic (exact) mass is 290 g/mol.